The van der Waals surface area contributed by atoms with Gasteiger partial charge in [-0.1, -0.05) is 32.9 Å². The molecule has 1 fully saturated rings. The Morgan fingerprint density at radius 1 is 1.09 bits per heavy atom. The molecule has 0 spiro atoms. The van der Waals surface area contributed by atoms with Crippen molar-refractivity contribution in [2.45, 2.75) is 64.2 Å². The lowest BCUT2D eigenvalue weighted by atomic mass is 9.66. The van der Waals surface area contributed by atoms with Gasteiger partial charge in [-0.15, -0.1) is 5.10 Å². The Labute approximate surface area is 192 Å². The van der Waals surface area contributed by atoms with Crippen LogP contribution in [0.25, 0.3) is 11.3 Å². The first-order valence-electron chi connectivity index (χ1n) is 11.6. The smallest absolute Gasteiger partial charge is 0.135 e. The van der Waals surface area contributed by atoms with E-state index in [2.05, 4.69) is 24.0 Å². The van der Waals surface area contributed by atoms with E-state index in [0.717, 1.165) is 35.5 Å². The van der Waals surface area contributed by atoms with Crippen LogP contribution >= 0.6 is 0 Å². The van der Waals surface area contributed by atoms with E-state index in [-0.39, 0.29) is 28.4 Å². The van der Waals surface area contributed by atoms with Crippen LogP contribution in [-0.4, -0.2) is 21.0 Å². The molecule has 4 nitrogen and oxygen atoms in total. The second-order valence-electron chi connectivity index (χ2n) is 9.75. The number of fused-ring (bicyclic) bond motifs is 5. The van der Waals surface area contributed by atoms with Gasteiger partial charge in [0.15, 0.2) is 0 Å². The summed E-state index contributed by atoms with van der Waals surface area (Å²) in [5.41, 5.74) is 3.19. The van der Waals surface area contributed by atoms with Crippen LogP contribution in [0, 0.1) is 17.0 Å². The number of nitrogens with zero attached hydrogens (tertiary/aromatic N) is 3. The number of rotatable bonds is 6. The number of carbonyl (C=O) groups is 1. The third-order valence-corrected chi connectivity index (χ3v) is 7.90. The molecule has 2 bridgehead atoms. The molecule has 0 saturated heterocycles. The molecule has 1 saturated carbocycles. The number of aryl methyl sites for hydroxylation is 1. The summed E-state index contributed by atoms with van der Waals surface area (Å²) < 4.78 is 28.9. The molecule has 0 unspecified atom stereocenters. The second kappa shape index (κ2) is 7.79. The van der Waals surface area contributed by atoms with Gasteiger partial charge in [0, 0.05) is 18.5 Å². The van der Waals surface area contributed by atoms with E-state index in [0.29, 0.717) is 19.3 Å². The Kier molecular flexibility index (Phi) is 5.15. The predicted octanol–water partition coefficient (Wildman–Crippen LogP) is 5.93. The lowest BCUT2D eigenvalue weighted by Gasteiger charge is -2.37. The van der Waals surface area contributed by atoms with Crippen molar-refractivity contribution >= 4 is 5.78 Å². The van der Waals surface area contributed by atoms with E-state index < -0.39 is 17.0 Å². The van der Waals surface area contributed by atoms with Crippen molar-refractivity contribution in [2.24, 2.45) is 5.41 Å². The monoisotopic (exact) mass is 447 g/mol. The third kappa shape index (κ3) is 3.14. The van der Waals surface area contributed by atoms with Crippen LogP contribution in [0.1, 0.15) is 75.0 Å². The molecule has 33 heavy (non-hydrogen) atoms. The Bertz CT molecular complexity index is 1240. The maximum atomic E-state index is 14.4. The molecule has 0 amide bonds. The third-order valence-electron chi connectivity index (χ3n) is 7.90. The largest absolute Gasteiger partial charge is 0.300 e. The summed E-state index contributed by atoms with van der Waals surface area (Å²) >= 11 is 0. The number of benzene rings is 1. The van der Waals surface area contributed by atoms with E-state index in [4.69, 9.17) is 4.98 Å². The van der Waals surface area contributed by atoms with Crippen molar-refractivity contribution in [2.75, 3.05) is 0 Å². The zero-order chi connectivity index (χ0) is 23.4. The van der Waals surface area contributed by atoms with Gasteiger partial charge in [0.05, 0.1) is 28.1 Å². The summed E-state index contributed by atoms with van der Waals surface area (Å²) in [6, 6.07) is 11.7. The minimum Gasteiger partial charge on any atom is -0.300 e. The van der Waals surface area contributed by atoms with E-state index in [1.54, 1.807) is 0 Å². The molecule has 6 heteroatoms. The van der Waals surface area contributed by atoms with Crippen molar-refractivity contribution in [1.82, 2.24) is 15.2 Å². The van der Waals surface area contributed by atoms with Crippen molar-refractivity contribution in [3.63, 3.8) is 0 Å². The van der Waals surface area contributed by atoms with Crippen LogP contribution in [0.5, 0.6) is 0 Å². The predicted molar refractivity (Wildman–Crippen MR) is 122 cm³/mol. The fourth-order valence-corrected chi connectivity index (χ4v) is 6.06. The fourth-order valence-electron chi connectivity index (χ4n) is 6.06. The normalized spacial score (nSPS) is 22.4. The highest BCUT2D eigenvalue weighted by molar-refractivity contribution is 5.78. The molecule has 0 aliphatic heterocycles. The van der Waals surface area contributed by atoms with Gasteiger partial charge in [-0.3, -0.25) is 9.78 Å². The van der Waals surface area contributed by atoms with Gasteiger partial charge in [0.2, 0.25) is 0 Å². The standard InChI is InChI=1S/C27H27F2N3O/c1-4-17(33)12-11-16-7-5-10-23(30-16)27-14-13-19(26(27,2)3)18-15-22(31-32-25(18)27)24-20(28)8-6-9-21(24)29/h5-10,15,19H,4,11-14H2,1-3H3/t19-,27-/m0/s1. The Morgan fingerprint density at radius 2 is 1.82 bits per heavy atom. The van der Waals surface area contributed by atoms with Crippen LogP contribution in [0.4, 0.5) is 8.78 Å². The Hall–Kier alpha value is -3.02. The number of pyridine rings is 1. The maximum absolute atomic E-state index is 14.4. The average Bonchev–Trinajstić information content (AvgIpc) is 3.18. The molecular formula is C27H27F2N3O. The molecule has 3 aromatic rings. The molecule has 170 valence electrons. The zero-order valence-corrected chi connectivity index (χ0v) is 19.2. The number of hydrogen-bond acceptors (Lipinski definition) is 4. The van der Waals surface area contributed by atoms with Gasteiger partial charge >= 0.3 is 0 Å². The molecule has 1 aromatic carbocycles. The number of hydrogen-bond donors (Lipinski definition) is 0. The van der Waals surface area contributed by atoms with E-state index >= 15 is 0 Å². The second-order valence-corrected chi connectivity index (χ2v) is 9.75. The topological polar surface area (TPSA) is 55.7 Å². The highest BCUT2D eigenvalue weighted by atomic mass is 19.1. The summed E-state index contributed by atoms with van der Waals surface area (Å²) in [4.78, 5) is 16.8. The quantitative estimate of drug-likeness (QED) is 0.470. The first kappa shape index (κ1) is 21.8. The van der Waals surface area contributed by atoms with Crippen molar-refractivity contribution in [1.29, 1.82) is 0 Å². The van der Waals surface area contributed by atoms with Gasteiger partial charge in [0.1, 0.15) is 17.4 Å². The molecule has 2 aliphatic carbocycles. The summed E-state index contributed by atoms with van der Waals surface area (Å²) in [6.07, 6.45) is 3.48. The number of Topliss-reactive ketones (excluding diaryl/α,β-unsaturated/α-hetero) is 1. The number of aromatic nitrogens is 3. The van der Waals surface area contributed by atoms with Gasteiger partial charge in [-0.05, 0) is 66.5 Å². The van der Waals surface area contributed by atoms with Crippen molar-refractivity contribution in [3.05, 3.63) is 76.7 Å². The highest BCUT2D eigenvalue weighted by Crippen LogP contribution is 2.69. The van der Waals surface area contributed by atoms with Crippen LogP contribution in [0.3, 0.4) is 0 Å². The van der Waals surface area contributed by atoms with Gasteiger partial charge < -0.3 is 0 Å². The van der Waals surface area contributed by atoms with Crippen LogP contribution in [-0.2, 0) is 16.6 Å². The van der Waals surface area contributed by atoms with Crippen LogP contribution in [0.15, 0.2) is 42.5 Å². The molecular weight excluding hydrogens is 420 g/mol. The molecule has 2 aromatic heterocycles. The number of ketones is 1. The van der Waals surface area contributed by atoms with Gasteiger partial charge in [-0.25, -0.2) is 8.78 Å². The summed E-state index contributed by atoms with van der Waals surface area (Å²) in [7, 11) is 0. The Morgan fingerprint density at radius 3 is 2.55 bits per heavy atom. The molecule has 2 heterocycles. The molecule has 5 rings (SSSR count). The summed E-state index contributed by atoms with van der Waals surface area (Å²) in [5, 5.41) is 8.87. The SMILES string of the molecule is CCC(=O)CCc1cccc([C@@]23CC[C@@H](c4cc(-c5c(F)cccc5F)nnc42)C3(C)C)n1. The van der Waals surface area contributed by atoms with Gasteiger partial charge in [0.25, 0.3) is 0 Å². The minimum atomic E-state index is -0.641. The van der Waals surface area contributed by atoms with E-state index in [1.165, 1.54) is 18.2 Å². The molecule has 0 radical (unpaired) electrons. The lowest BCUT2D eigenvalue weighted by Crippen LogP contribution is -2.38. The van der Waals surface area contributed by atoms with Crippen LogP contribution in [0.2, 0.25) is 0 Å². The maximum Gasteiger partial charge on any atom is 0.135 e. The first-order valence-corrected chi connectivity index (χ1v) is 11.6. The zero-order valence-electron chi connectivity index (χ0n) is 19.2. The molecule has 0 N–H and O–H groups in total. The fraction of sp³-hybridized carbons (Fsp3) is 0.407. The average molecular weight is 448 g/mol. The number of carbonyl (C=O) groups excluding carboxylic acids is 1. The molecule has 2 atom stereocenters. The summed E-state index contributed by atoms with van der Waals surface area (Å²) in [5.74, 6) is -0.856. The molecule has 2 aliphatic rings. The number of halogens is 2. The van der Waals surface area contributed by atoms with Crippen molar-refractivity contribution < 1.29 is 13.6 Å². The summed E-state index contributed by atoms with van der Waals surface area (Å²) in [6.45, 7) is 6.33. The van der Waals surface area contributed by atoms with Crippen molar-refractivity contribution in [3.8, 4) is 11.3 Å². The van der Waals surface area contributed by atoms with E-state index in [1.807, 2.05) is 31.2 Å². The van der Waals surface area contributed by atoms with Gasteiger partial charge in [-0.2, -0.15) is 5.10 Å². The minimum absolute atomic E-state index is 0.136. The Balaban J connectivity index is 1.60. The highest BCUT2D eigenvalue weighted by Gasteiger charge is 2.65. The van der Waals surface area contributed by atoms with Crippen LogP contribution < -0.4 is 0 Å². The van der Waals surface area contributed by atoms with E-state index in [9.17, 15) is 13.6 Å². The first-order chi connectivity index (χ1) is 15.8. The lowest BCUT2D eigenvalue weighted by molar-refractivity contribution is -0.118.